The molecule has 1 rings (SSSR count). The third-order valence-corrected chi connectivity index (χ3v) is 3.16. The van der Waals surface area contributed by atoms with E-state index in [4.69, 9.17) is 5.11 Å². The first kappa shape index (κ1) is 13.9. The lowest BCUT2D eigenvalue weighted by molar-refractivity contribution is -0.117. The van der Waals surface area contributed by atoms with Crippen LogP contribution in [0.25, 0.3) is 6.08 Å². The van der Waals surface area contributed by atoms with Crippen molar-refractivity contribution in [3.8, 4) is 0 Å². The van der Waals surface area contributed by atoms with Gasteiger partial charge in [-0.2, -0.15) is 0 Å². The van der Waals surface area contributed by atoms with Crippen LogP contribution < -0.4 is 5.32 Å². The van der Waals surface area contributed by atoms with E-state index in [1.165, 1.54) is 6.08 Å². The molecular weight excluding hydrogens is 236 g/mol. The van der Waals surface area contributed by atoms with Gasteiger partial charge in [-0.1, -0.05) is 13.8 Å². The molecular formula is C12H18N2O2S. The Balaban J connectivity index is 2.52. The average molecular weight is 254 g/mol. The lowest BCUT2D eigenvalue weighted by Gasteiger charge is -2.18. The fraction of sp³-hybridized carbons (Fsp3) is 0.500. The van der Waals surface area contributed by atoms with E-state index in [2.05, 4.69) is 10.3 Å². The molecule has 1 atom stereocenters. The van der Waals surface area contributed by atoms with E-state index in [1.54, 1.807) is 17.4 Å². The monoisotopic (exact) mass is 254 g/mol. The van der Waals surface area contributed by atoms with E-state index >= 15 is 0 Å². The molecule has 2 N–H and O–H groups in total. The number of nitrogens with zero attached hydrogens (tertiary/aromatic N) is 1. The second kappa shape index (κ2) is 6.51. The maximum absolute atomic E-state index is 11.6. The number of carbonyl (C=O) groups excluding carboxylic acids is 1. The van der Waals surface area contributed by atoms with Crippen molar-refractivity contribution < 1.29 is 9.90 Å². The van der Waals surface area contributed by atoms with E-state index in [9.17, 15) is 4.79 Å². The van der Waals surface area contributed by atoms with Crippen molar-refractivity contribution in [2.45, 2.75) is 26.8 Å². The number of hydrogen-bond donors (Lipinski definition) is 2. The minimum atomic E-state index is -0.205. The van der Waals surface area contributed by atoms with Gasteiger partial charge in [-0.25, -0.2) is 4.98 Å². The fourth-order valence-electron chi connectivity index (χ4n) is 1.27. The molecule has 5 heteroatoms. The molecule has 1 unspecified atom stereocenters. The zero-order valence-corrected chi connectivity index (χ0v) is 11.1. The number of aromatic nitrogens is 1. The molecule has 1 amide bonds. The number of thiazole rings is 1. The molecule has 1 aromatic heterocycles. The molecule has 0 aliphatic heterocycles. The Hall–Kier alpha value is -1.20. The van der Waals surface area contributed by atoms with Crippen molar-refractivity contribution in [3.63, 3.8) is 0 Å². The standard InChI is InChI=1S/C12H18N2O2S/c1-8(2)11(6-15)14-12(16)5-4-10-7-17-9(3)13-10/h4-5,7-8,11,15H,6H2,1-3H3,(H,14,16). The summed E-state index contributed by atoms with van der Waals surface area (Å²) in [5.74, 6) is 0.00210. The van der Waals surface area contributed by atoms with Crippen LogP contribution in [-0.4, -0.2) is 28.6 Å². The van der Waals surface area contributed by atoms with Crippen LogP contribution in [0.15, 0.2) is 11.5 Å². The SMILES string of the molecule is Cc1nc(C=CC(=O)NC(CO)C(C)C)cs1. The van der Waals surface area contributed by atoms with Gasteiger partial charge in [0, 0.05) is 11.5 Å². The van der Waals surface area contributed by atoms with E-state index in [1.807, 2.05) is 26.2 Å². The third-order valence-electron chi connectivity index (χ3n) is 2.37. The van der Waals surface area contributed by atoms with Crippen molar-refractivity contribution in [1.82, 2.24) is 10.3 Å². The van der Waals surface area contributed by atoms with Crippen molar-refractivity contribution in [2.75, 3.05) is 6.61 Å². The summed E-state index contributed by atoms with van der Waals surface area (Å²) in [7, 11) is 0. The van der Waals surface area contributed by atoms with E-state index in [-0.39, 0.29) is 24.5 Å². The second-order valence-electron chi connectivity index (χ2n) is 4.17. The maximum atomic E-state index is 11.6. The van der Waals surface area contributed by atoms with Gasteiger partial charge in [0.15, 0.2) is 0 Å². The second-order valence-corrected chi connectivity index (χ2v) is 5.23. The Bertz CT molecular complexity index is 399. The van der Waals surface area contributed by atoms with Crippen molar-refractivity contribution in [3.05, 3.63) is 22.2 Å². The highest BCUT2D eigenvalue weighted by Gasteiger charge is 2.13. The first-order chi connectivity index (χ1) is 8.02. The van der Waals surface area contributed by atoms with Gasteiger partial charge >= 0.3 is 0 Å². The van der Waals surface area contributed by atoms with Crippen molar-refractivity contribution >= 4 is 23.3 Å². The molecule has 0 spiro atoms. The van der Waals surface area contributed by atoms with E-state index in [0.29, 0.717) is 0 Å². The summed E-state index contributed by atoms with van der Waals surface area (Å²) in [6, 6.07) is -0.204. The maximum Gasteiger partial charge on any atom is 0.244 e. The van der Waals surface area contributed by atoms with Crippen LogP contribution in [0.4, 0.5) is 0 Å². The zero-order valence-electron chi connectivity index (χ0n) is 10.3. The molecule has 4 nitrogen and oxygen atoms in total. The Morgan fingerprint density at radius 2 is 2.35 bits per heavy atom. The normalized spacial score (nSPS) is 13.2. The summed E-state index contributed by atoms with van der Waals surface area (Å²) in [5.41, 5.74) is 0.785. The van der Waals surface area contributed by atoms with Gasteiger partial charge in [-0.05, 0) is 18.9 Å². The third kappa shape index (κ3) is 4.66. The number of nitrogens with one attached hydrogen (secondary N) is 1. The molecule has 94 valence electrons. The van der Waals surface area contributed by atoms with Gasteiger partial charge in [-0.3, -0.25) is 4.79 Å². The number of aryl methyl sites for hydroxylation is 1. The molecule has 0 aromatic carbocycles. The summed E-state index contributed by atoms with van der Waals surface area (Å²) in [6.07, 6.45) is 3.12. The molecule has 0 bridgehead atoms. The zero-order chi connectivity index (χ0) is 12.8. The van der Waals surface area contributed by atoms with Gasteiger partial charge < -0.3 is 10.4 Å². The summed E-state index contributed by atoms with van der Waals surface area (Å²) in [4.78, 5) is 15.8. The van der Waals surface area contributed by atoms with Crippen LogP contribution in [0.3, 0.4) is 0 Å². The first-order valence-corrected chi connectivity index (χ1v) is 6.42. The number of carbonyl (C=O) groups is 1. The van der Waals surface area contributed by atoms with Gasteiger partial charge in [0.1, 0.15) is 0 Å². The number of aliphatic hydroxyl groups is 1. The molecule has 0 aliphatic rings. The number of hydrogen-bond acceptors (Lipinski definition) is 4. The quantitative estimate of drug-likeness (QED) is 0.785. The highest BCUT2D eigenvalue weighted by Crippen LogP contribution is 2.09. The topological polar surface area (TPSA) is 62.2 Å². The Morgan fingerprint density at radius 1 is 1.65 bits per heavy atom. The number of aliphatic hydroxyl groups excluding tert-OH is 1. The Labute approximate surface area is 105 Å². The van der Waals surface area contributed by atoms with Gasteiger partial charge in [0.05, 0.1) is 23.4 Å². The van der Waals surface area contributed by atoms with Crippen LogP contribution in [0, 0.1) is 12.8 Å². The predicted octanol–water partition coefficient (Wildman–Crippen LogP) is 1.60. The minimum absolute atomic E-state index is 0.0486. The molecule has 1 aromatic rings. The van der Waals surface area contributed by atoms with Crippen LogP contribution in [0.2, 0.25) is 0 Å². The van der Waals surface area contributed by atoms with Crippen LogP contribution >= 0.6 is 11.3 Å². The van der Waals surface area contributed by atoms with Crippen molar-refractivity contribution in [1.29, 1.82) is 0 Å². The van der Waals surface area contributed by atoms with Crippen LogP contribution in [-0.2, 0) is 4.79 Å². The number of amides is 1. The van der Waals surface area contributed by atoms with Gasteiger partial charge in [0.2, 0.25) is 5.91 Å². The molecule has 0 saturated heterocycles. The molecule has 0 aliphatic carbocycles. The van der Waals surface area contributed by atoms with Crippen molar-refractivity contribution in [2.24, 2.45) is 5.92 Å². The van der Waals surface area contributed by atoms with Gasteiger partial charge in [0.25, 0.3) is 0 Å². The Morgan fingerprint density at radius 3 is 2.82 bits per heavy atom. The fourth-order valence-corrected chi connectivity index (χ4v) is 1.85. The summed E-state index contributed by atoms with van der Waals surface area (Å²) < 4.78 is 0. The smallest absolute Gasteiger partial charge is 0.244 e. The lowest BCUT2D eigenvalue weighted by Crippen LogP contribution is -2.40. The first-order valence-electron chi connectivity index (χ1n) is 5.54. The van der Waals surface area contributed by atoms with Crippen LogP contribution in [0.1, 0.15) is 24.5 Å². The van der Waals surface area contributed by atoms with E-state index < -0.39 is 0 Å². The summed E-state index contributed by atoms with van der Waals surface area (Å²) >= 11 is 1.55. The summed E-state index contributed by atoms with van der Waals surface area (Å²) in [5, 5.41) is 14.7. The minimum Gasteiger partial charge on any atom is -0.394 e. The summed E-state index contributed by atoms with van der Waals surface area (Å²) in [6.45, 7) is 5.78. The molecule has 0 radical (unpaired) electrons. The molecule has 0 saturated carbocycles. The molecule has 17 heavy (non-hydrogen) atoms. The predicted molar refractivity (Wildman–Crippen MR) is 69.7 cm³/mol. The largest absolute Gasteiger partial charge is 0.394 e. The molecule has 1 heterocycles. The lowest BCUT2D eigenvalue weighted by atomic mass is 10.1. The molecule has 0 fully saturated rings. The van der Waals surface area contributed by atoms with E-state index in [0.717, 1.165) is 10.7 Å². The average Bonchev–Trinajstić information content (AvgIpc) is 2.68. The van der Waals surface area contributed by atoms with Crippen LogP contribution in [0.5, 0.6) is 0 Å². The van der Waals surface area contributed by atoms with Gasteiger partial charge in [-0.15, -0.1) is 11.3 Å². The highest BCUT2D eigenvalue weighted by molar-refractivity contribution is 7.09. The number of rotatable bonds is 5. The highest BCUT2D eigenvalue weighted by atomic mass is 32.1. The Kier molecular flexibility index (Phi) is 5.31.